The molecule has 0 aliphatic carbocycles. The number of hydrogen-bond acceptors (Lipinski definition) is 2. The zero-order valence-electron chi connectivity index (χ0n) is 11.0. The van der Waals surface area contributed by atoms with E-state index in [1.165, 1.54) is 6.07 Å². The molecule has 1 N–H and O–H groups in total. The summed E-state index contributed by atoms with van der Waals surface area (Å²) in [5.41, 5.74) is -0.597. The lowest BCUT2D eigenvalue weighted by molar-refractivity contribution is -0.139. The molecule has 1 aromatic carbocycles. The minimum absolute atomic E-state index is 0.259. The molecule has 0 bridgehead atoms. The second kappa shape index (κ2) is 5.14. The van der Waals surface area contributed by atoms with E-state index >= 15 is 0 Å². The second-order valence-corrected chi connectivity index (χ2v) is 5.17. The van der Waals surface area contributed by atoms with Gasteiger partial charge in [-0.2, -0.15) is 13.2 Å². The lowest BCUT2D eigenvalue weighted by atomic mass is 10.0. The molecular weight excluding hydrogens is 286 g/mol. The van der Waals surface area contributed by atoms with Gasteiger partial charge in [0, 0.05) is 37.3 Å². The van der Waals surface area contributed by atoms with Crippen LogP contribution in [0.25, 0.3) is 11.3 Å². The summed E-state index contributed by atoms with van der Waals surface area (Å²) in [6, 6.07) is 2.93. The van der Waals surface area contributed by atoms with E-state index in [2.05, 4.69) is 10.3 Å². The molecule has 1 aliphatic rings. The van der Waals surface area contributed by atoms with Crippen molar-refractivity contribution in [2.24, 2.45) is 5.92 Å². The van der Waals surface area contributed by atoms with Gasteiger partial charge in [-0.1, -0.05) is 0 Å². The molecule has 1 saturated heterocycles. The lowest BCUT2D eigenvalue weighted by Gasteiger charge is -2.27. The number of halogens is 4. The Kier molecular flexibility index (Phi) is 3.44. The largest absolute Gasteiger partial charge is 0.419 e. The normalized spacial score (nSPS) is 16.0. The van der Waals surface area contributed by atoms with E-state index in [1.54, 1.807) is 12.5 Å². The van der Waals surface area contributed by atoms with Crippen molar-refractivity contribution in [1.82, 2.24) is 14.9 Å². The molecule has 1 aromatic heterocycles. The molecule has 0 radical (unpaired) electrons. The van der Waals surface area contributed by atoms with Crippen LogP contribution in [0.5, 0.6) is 0 Å². The zero-order valence-corrected chi connectivity index (χ0v) is 11.0. The standard InChI is InChI=1S/C14H13F4N3/c15-12-2-1-10(3-11(12)14(16,17)18)13-7-21(8-20-13)6-9-4-19-5-9/h1-3,7-9,19H,4-6H2. The van der Waals surface area contributed by atoms with Crippen LogP contribution in [-0.2, 0) is 12.7 Å². The summed E-state index contributed by atoms with van der Waals surface area (Å²) < 4.78 is 53.2. The van der Waals surface area contributed by atoms with Crippen LogP contribution in [0.2, 0.25) is 0 Å². The second-order valence-electron chi connectivity index (χ2n) is 5.17. The van der Waals surface area contributed by atoms with Crippen molar-refractivity contribution in [3.8, 4) is 11.3 Å². The first-order chi connectivity index (χ1) is 9.93. The lowest BCUT2D eigenvalue weighted by Crippen LogP contribution is -2.44. The van der Waals surface area contributed by atoms with Gasteiger partial charge in [0.15, 0.2) is 0 Å². The van der Waals surface area contributed by atoms with E-state index in [1.807, 2.05) is 4.57 Å². The Morgan fingerprint density at radius 2 is 2.05 bits per heavy atom. The molecule has 0 unspecified atom stereocenters. The van der Waals surface area contributed by atoms with Gasteiger partial charge in [-0.25, -0.2) is 9.37 Å². The fraction of sp³-hybridized carbons (Fsp3) is 0.357. The van der Waals surface area contributed by atoms with Crippen LogP contribution < -0.4 is 5.32 Å². The summed E-state index contributed by atoms with van der Waals surface area (Å²) in [7, 11) is 0. The van der Waals surface area contributed by atoms with Crippen LogP contribution in [0.4, 0.5) is 17.6 Å². The Balaban J connectivity index is 1.86. The monoisotopic (exact) mass is 299 g/mol. The number of hydrogen-bond donors (Lipinski definition) is 1. The van der Waals surface area contributed by atoms with Gasteiger partial charge in [-0.05, 0) is 18.2 Å². The maximum absolute atomic E-state index is 13.3. The molecule has 7 heteroatoms. The number of alkyl halides is 3. The van der Waals surface area contributed by atoms with E-state index in [4.69, 9.17) is 0 Å². The van der Waals surface area contributed by atoms with Crippen LogP contribution in [-0.4, -0.2) is 22.6 Å². The summed E-state index contributed by atoms with van der Waals surface area (Å²) in [4.78, 5) is 4.10. The SMILES string of the molecule is Fc1ccc(-c2cn(CC3CNC3)cn2)cc1C(F)(F)F. The first-order valence-corrected chi connectivity index (χ1v) is 6.53. The van der Waals surface area contributed by atoms with Crippen LogP contribution >= 0.6 is 0 Å². The number of imidazole rings is 1. The third-order valence-electron chi connectivity index (χ3n) is 3.54. The maximum Gasteiger partial charge on any atom is 0.419 e. The van der Waals surface area contributed by atoms with Crippen molar-refractivity contribution in [3.63, 3.8) is 0 Å². The Labute approximate surface area is 118 Å². The van der Waals surface area contributed by atoms with Crippen molar-refractivity contribution >= 4 is 0 Å². The zero-order chi connectivity index (χ0) is 15.0. The van der Waals surface area contributed by atoms with Crippen LogP contribution in [0, 0.1) is 11.7 Å². The molecule has 3 rings (SSSR count). The molecule has 2 heterocycles. The fourth-order valence-corrected chi connectivity index (χ4v) is 2.29. The predicted octanol–water partition coefficient (Wildman–Crippen LogP) is 2.93. The highest BCUT2D eigenvalue weighted by Crippen LogP contribution is 2.33. The van der Waals surface area contributed by atoms with E-state index in [0.717, 1.165) is 31.8 Å². The highest BCUT2D eigenvalue weighted by Gasteiger charge is 2.34. The first kappa shape index (κ1) is 14.1. The molecular formula is C14H13F4N3. The Morgan fingerprint density at radius 1 is 1.29 bits per heavy atom. The molecule has 0 atom stereocenters. The summed E-state index contributed by atoms with van der Waals surface area (Å²) in [6.07, 6.45) is -1.43. The number of nitrogens with one attached hydrogen (secondary N) is 1. The highest BCUT2D eigenvalue weighted by molar-refractivity contribution is 5.59. The fourth-order valence-electron chi connectivity index (χ4n) is 2.29. The summed E-state index contributed by atoms with van der Waals surface area (Å²) in [5.74, 6) is -0.753. The summed E-state index contributed by atoms with van der Waals surface area (Å²) >= 11 is 0. The van der Waals surface area contributed by atoms with Gasteiger partial charge >= 0.3 is 6.18 Å². The average molecular weight is 299 g/mol. The maximum atomic E-state index is 13.3. The average Bonchev–Trinajstić information content (AvgIpc) is 2.81. The van der Waals surface area contributed by atoms with E-state index in [0.29, 0.717) is 11.6 Å². The van der Waals surface area contributed by atoms with Gasteiger partial charge in [0.25, 0.3) is 0 Å². The predicted molar refractivity (Wildman–Crippen MR) is 69.0 cm³/mol. The van der Waals surface area contributed by atoms with E-state index < -0.39 is 17.6 Å². The topological polar surface area (TPSA) is 29.9 Å². The van der Waals surface area contributed by atoms with Gasteiger partial charge in [0.2, 0.25) is 0 Å². The van der Waals surface area contributed by atoms with Crippen molar-refractivity contribution in [1.29, 1.82) is 0 Å². The molecule has 2 aromatic rings. The van der Waals surface area contributed by atoms with E-state index in [-0.39, 0.29) is 5.56 Å². The Morgan fingerprint density at radius 3 is 2.67 bits per heavy atom. The minimum Gasteiger partial charge on any atom is -0.336 e. The van der Waals surface area contributed by atoms with Gasteiger partial charge in [-0.3, -0.25) is 0 Å². The highest BCUT2D eigenvalue weighted by atomic mass is 19.4. The third kappa shape index (κ3) is 2.92. The van der Waals surface area contributed by atoms with Crippen LogP contribution in [0.1, 0.15) is 5.56 Å². The molecule has 0 saturated carbocycles. The number of benzene rings is 1. The van der Waals surface area contributed by atoms with E-state index in [9.17, 15) is 17.6 Å². The molecule has 112 valence electrons. The summed E-state index contributed by atoms with van der Waals surface area (Å²) in [6.45, 7) is 2.64. The molecule has 3 nitrogen and oxygen atoms in total. The number of nitrogens with zero attached hydrogens (tertiary/aromatic N) is 2. The molecule has 1 fully saturated rings. The third-order valence-corrected chi connectivity index (χ3v) is 3.54. The Bertz CT molecular complexity index is 644. The van der Waals surface area contributed by atoms with Gasteiger partial charge in [0.1, 0.15) is 5.82 Å². The smallest absolute Gasteiger partial charge is 0.336 e. The van der Waals surface area contributed by atoms with Crippen molar-refractivity contribution in [2.75, 3.05) is 13.1 Å². The Hall–Kier alpha value is -1.89. The van der Waals surface area contributed by atoms with Crippen molar-refractivity contribution < 1.29 is 17.6 Å². The molecule has 0 amide bonds. The molecule has 21 heavy (non-hydrogen) atoms. The van der Waals surface area contributed by atoms with Gasteiger partial charge in [-0.15, -0.1) is 0 Å². The number of aromatic nitrogens is 2. The van der Waals surface area contributed by atoms with Gasteiger partial charge in [0.05, 0.1) is 17.6 Å². The first-order valence-electron chi connectivity index (χ1n) is 6.53. The molecule has 1 aliphatic heterocycles. The summed E-state index contributed by atoms with van der Waals surface area (Å²) in [5, 5.41) is 3.15. The van der Waals surface area contributed by atoms with Crippen LogP contribution in [0.15, 0.2) is 30.7 Å². The van der Waals surface area contributed by atoms with Crippen molar-refractivity contribution in [2.45, 2.75) is 12.7 Å². The minimum atomic E-state index is -4.71. The molecule has 0 spiro atoms. The van der Waals surface area contributed by atoms with Crippen molar-refractivity contribution in [3.05, 3.63) is 42.1 Å². The van der Waals surface area contributed by atoms with Gasteiger partial charge < -0.3 is 9.88 Å². The van der Waals surface area contributed by atoms with Crippen LogP contribution in [0.3, 0.4) is 0 Å². The quantitative estimate of drug-likeness (QED) is 0.883. The number of rotatable bonds is 3.